The smallest absolute Gasteiger partial charge is 0.0522 e. The standard InChI is InChI=1S/C15H21N3/c1-16-10-9-15-12-17-18(13-15)11-5-8-14-6-3-2-4-7-14/h2-4,6-7,12-13,16H,5,8-11H2,1H3. The zero-order valence-electron chi connectivity index (χ0n) is 11.0. The highest BCUT2D eigenvalue weighted by molar-refractivity contribution is 5.14. The van der Waals surface area contributed by atoms with E-state index in [1.165, 1.54) is 11.1 Å². The summed E-state index contributed by atoms with van der Waals surface area (Å²) in [5.74, 6) is 0. The van der Waals surface area contributed by atoms with Crippen LogP contribution in [0.2, 0.25) is 0 Å². The summed E-state index contributed by atoms with van der Waals surface area (Å²) in [6, 6.07) is 10.6. The van der Waals surface area contributed by atoms with Gasteiger partial charge in [-0.25, -0.2) is 0 Å². The Morgan fingerprint density at radius 1 is 1.11 bits per heavy atom. The molecular formula is C15H21N3. The van der Waals surface area contributed by atoms with Crippen molar-refractivity contribution in [3.63, 3.8) is 0 Å². The predicted octanol–water partition coefficient (Wildman–Crippen LogP) is 2.28. The molecular weight excluding hydrogens is 222 g/mol. The Balaban J connectivity index is 1.75. The van der Waals surface area contributed by atoms with Crippen molar-refractivity contribution in [1.82, 2.24) is 15.1 Å². The fraction of sp³-hybridized carbons (Fsp3) is 0.400. The van der Waals surface area contributed by atoms with Crippen LogP contribution in [-0.4, -0.2) is 23.4 Å². The number of nitrogens with one attached hydrogen (secondary N) is 1. The van der Waals surface area contributed by atoms with Crippen LogP contribution in [0.25, 0.3) is 0 Å². The second-order valence-corrected chi connectivity index (χ2v) is 4.55. The summed E-state index contributed by atoms with van der Waals surface area (Å²) in [5, 5.41) is 7.54. The van der Waals surface area contributed by atoms with Gasteiger partial charge >= 0.3 is 0 Å². The van der Waals surface area contributed by atoms with E-state index in [0.29, 0.717) is 0 Å². The lowest BCUT2D eigenvalue weighted by Gasteiger charge is -2.02. The van der Waals surface area contributed by atoms with Crippen LogP contribution in [0, 0.1) is 0 Å². The molecule has 0 aliphatic heterocycles. The number of aryl methyl sites for hydroxylation is 2. The van der Waals surface area contributed by atoms with Crippen LogP contribution in [0.3, 0.4) is 0 Å². The topological polar surface area (TPSA) is 29.9 Å². The van der Waals surface area contributed by atoms with E-state index < -0.39 is 0 Å². The van der Waals surface area contributed by atoms with Gasteiger partial charge in [-0.15, -0.1) is 0 Å². The van der Waals surface area contributed by atoms with Crippen molar-refractivity contribution < 1.29 is 0 Å². The average molecular weight is 243 g/mol. The number of benzene rings is 1. The summed E-state index contributed by atoms with van der Waals surface area (Å²) in [6.45, 7) is 2.00. The lowest BCUT2D eigenvalue weighted by Crippen LogP contribution is -2.09. The maximum absolute atomic E-state index is 4.39. The van der Waals surface area contributed by atoms with Crippen LogP contribution < -0.4 is 5.32 Å². The van der Waals surface area contributed by atoms with E-state index in [4.69, 9.17) is 0 Å². The van der Waals surface area contributed by atoms with Crippen LogP contribution in [0.15, 0.2) is 42.7 Å². The average Bonchev–Trinajstić information content (AvgIpc) is 2.85. The maximum atomic E-state index is 4.39. The van der Waals surface area contributed by atoms with Crippen molar-refractivity contribution in [3.05, 3.63) is 53.9 Å². The van der Waals surface area contributed by atoms with Crippen LogP contribution in [0.5, 0.6) is 0 Å². The molecule has 1 N–H and O–H groups in total. The number of rotatable bonds is 7. The molecule has 0 aliphatic carbocycles. The van der Waals surface area contributed by atoms with Crippen molar-refractivity contribution in [2.24, 2.45) is 0 Å². The van der Waals surface area contributed by atoms with Crippen molar-refractivity contribution in [2.75, 3.05) is 13.6 Å². The van der Waals surface area contributed by atoms with Crippen LogP contribution in [-0.2, 0) is 19.4 Å². The van der Waals surface area contributed by atoms with Crippen molar-refractivity contribution >= 4 is 0 Å². The third-order valence-corrected chi connectivity index (χ3v) is 3.05. The Morgan fingerprint density at radius 3 is 2.72 bits per heavy atom. The Kier molecular flexibility index (Phi) is 4.97. The summed E-state index contributed by atoms with van der Waals surface area (Å²) < 4.78 is 2.05. The third-order valence-electron chi connectivity index (χ3n) is 3.05. The van der Waals surface area contributed by atoms with Gasteiger partial charge in [-0.3, -0.25) is 4.68 Å². The molecule has 0 atom stereocenters. The molecule has 1 aromatic heterocycles. The van der Waals surface area contributed by atoms with Gasteiger partial charge in [0.25, 0.3) is 0 Å². The minimum atomic E-state index is 0.994. The van der Waals surface area contributed by atoms with E-state index in [-0.39, 0.29) is 0 Å². The molecule has 1 aromatic carbocycles. The predicted molar refractivity (Wildman–Crippen MR) is 74.6 cm³/mol. The summed E-state index contributed by atoms with van der Waals surface area (Å²) in [4.78, 5) is 0. The monoisotopic (exact) mass is 243 g/mol. The zero-order valence-corrected chi connectivity index (χ0v) is 11.0. The molecule has 0 saturated carbocycles. The number of nitrogens with zero attached hydrogens (tertiary/aromatic N) is 2. The van der Waals surface area contributed by atoms with Gasteiger partial charge in [0.15, 0.2) is 0 Å². The molecule has 2 aromatic rings. The second kappa shape index (κ2) is 6.97. The van der Waals surface area contributed by atoms with Crippen molar-refractivity contribution in [2.45, 2.75) is 25.8 Å². The molecule has 3 heteroatoms. The first kappa shape index (κ1) is 12.8. The number of aromatic nitrogens is 2. The molecule has 0 aliphatic rings. The molecule has 0 spiro atoms. The quantitative estimate of drug-likeness (QED) is 0.808. The lowest BCUT2D eigenvalue weighted by molar-refractivity contribution is 0.578. The molecule has 0 unspecified atom stereocenters. The van der Waals surface area contributed by atoms with E-state index in [1.54, 1.807) is 0 Å². The third kappa shape index (κ3) is 4.00. The highest BCUT2D eigenvalue weighted by Gasteiger charge is 1.98. The van der Waals surface area contributed by atoms with Crippen LogP contribution >= 0.6 is 0 Å². The lowest BCUT2D eigenvalue weighted by atomic mass is 10.1. The van der Waals surface area contributed by atoms with Gasteiger partial charge in [-0.1, -0.05) is 30.3 Å². The largest absolute Gasteiger partial charge is 0.319 e. The number of likely N-dealkylation sites (N-methyl/N-ethyl adjacent to an activating group) is 1. The fourth-order valence-corrected chi connectivity index (χ4v) is 2.02. The van der Waals surface area contributed by atoms with Crippen molar-refractivity contribution in [3.8, 4) is 0 Å². The van der Waals surface area contributed by atoms with Gasteiger partial charge in [0, 0.05) is 12.7 Å². The van der Waals surface area contributed by atoms with E-state index in [0.717, 1.165) is 32.4 Å². The minimum absolute atomic E-state index is 0.994. The van der Waals surface area contributed by atoms with E-state index in [9.17, 15) is 0 Å². The first-order chi connectivity index (χ1) is 8.88. The molecule has 3 nitrogen and oxygen atoms in total. The van der Waals surface area contributed by atoms with E-state index >= 15 is 0 Å². The molecule has 0 bridgehead atoms. The Bertz CT molecular complexity index is 448. The van der Waals surface area contributed by atoms with Gasteiger partial charge in [0.2, 0.25) is 0 Å². The summed E-state index contributed by atoms with van der Waals surface area (Å²) in [5.41, 5.74) is 2.71. The Morgan fingerprint density at radius 2 is 1.94 bits per heavy atom. The van der Waals surface area contributed by atoms with Gasteiger partial charge in [0.1, 0.15) is 0 Å². The van der Waals surface area contributed by atoms with Gasteiger partial charge in [-0.2, -0.15) is 5.10 Å². The first-order valence-electron chi connectivity index (χ1n) is 6.58. The Labute approximate surface area is 109 Å². The molecule has 96 valence electrons. The summed E-state index contributed by atoms with van der Waals surface area (Å²) in [7, 11) is 1.98. The molecule has 2 rings (SSSR count). The van der Waals surface area contributed by atoms with E-state index in [2.05, 4.69) is 46.9 Å². The second-order valence-electron chi connectivity index (χ2n) is 4.55. The SMILES string of the molecule is CNCCc1cnn(CCCc2ccccc2)c1. The Hall–Kier alpha value is -1.61. The first-order valence-corrected chi connectivity index (χ1v) is 6.58. The molecule has 0 saturated heterocycles. The molecule has 1 heterocycles. The normalized spacial score (nSPS) is 10.7. The van der Waals surface area contributed by atoms with Crippen molar-refractivity contribution in [1.29, 1.82) is 0 Å². The highest BCUT2D eigenvalue weighted by atomic mass is 15.3. The van der Waals surface area contributed by atoms with Gasteiger partial charge in [-0.05, 0) is 44.0 Å². The molecule has 0 radical (unpaired) electrons. The van der Waals surface area contributed by atoms with Crippen LogP contribution in [0.4, 0.5) is 0 Å². The summed E-state index contributed by atoms with van der Waals surface area (Å²) >= 11 is 0. The molecule has 0 fully saturated rings. The maximum Gasteiger partial charge on any atom is 0.0522 e. The van der Waals surface area contributed by atoms with E-state index in [1.807, 2.05) is 17.9 Å². The van der Waals surface area contributed by atoms with Crippen LogP contribution in [0.1, 0.15) is 17.5 Å². The highest BCUT2D eigenvalue weighted by Crippen LogP contribution is 2.05. The summed E-state index contributed by atoms with van der Waals surface area (Å²) in [6.07, 6.45) is 7.43. The minimum Gasteiger partial charge on any atom is -0.319 e. The molecule has 18 heavy (non-hydrogen) atoms. The number of hydrogen-bond donors (Lipinski definition) is 1. The molecule has 0 amide bonds. The zero-order chi connectivity index (χ0) is 12.6. The van der Waals surface area contributed by atoms with Gasteiger partial charge in [0.05, 0.1) is 6.20 Å². The van der Waals surface area contributed by atoms with Gasteiger partial charge < -0.3 is 5.32 Å². The number of hydrogen-bond acceptors (Lipinski definition) is 2. The fourth-order valence-electron chi connectivity index (χ4n) is 2.02.